The molecule has 2 saturated heterocycles. The second-order valence-electron chi connectivity index (χ2n) is 8.31. The summed E-state index contributed by atoms with van der Waals surface area (Å²) in [5.41, 5.74) is 3.53. The van der Waals surface area contributed by atoms with Crippen molar-refractivity contribution in [1.29, 1.82) is 0 Å². The van der Waals surface area contributed by atoms with Crippen molar-refractivity contribution in [3.63, 3.8) is 0 Å². The number of Topliss-reactive ketones (excluding diaryl/α,β-unsaturated/α-hetero) is 1. The van der Waals surface area contributed by atoms with Crippen molar-refractivity contribution in [3.8, 4) is 0 Å². The first-order valence-corrected chi connectivity index (χ1v) is 10.5. The SMILES string of the molecule is COCCN1C(=O)C2C(C1=O)C(C(=O)c1ccccc1)N1c3ccccc3C(C)=CC21. The van der Waals surface area contributed by atoms with Crippen LogP contribution in [-0.4, -0.2) is 54.8 Å². The van der Waals surface area contributed by atoms with E-state index in [1.165, 1.54) is 4.90 Å². The number of methoxy groups -OCH3 is 1. The second kappa shape index (κ2) is 7.46. The van der Waals surface area contributed by atoms with Crippen molar-refractivity contribution in [2.24, 2.45) is 11.8 Å². The number of nitrogens with zero attached hydrogens (tertiary/aromatic N) is 2. The third-order valence-electron chi connectivity index (χ3n) is 6.69. The number of ketones is 1. The number of amides is 2. The normalized spacial score (nSPS) is 26.5. The van der Waals surface area contributed by atoms with Gasteiger partial charge >= 0.3 is 0 Å². The van der Waals surface area contributed by atoms with E-state index in [4.69, 9.17) is 4.74 Å². The molecule has 158 valence electrons. The molecule has 6 nitrogen and oxygen atoms in total. The zero-order valence-electron chi connectivity index (χ0n) is 17.5. The molecule has 2 aromatic rings. The maximum absolute atomic E-state index is 13.7. The number of ether oxygens (including phenoxy) is 1. The van der Waals surface area contributed by atoms with Crippen molar-refractivity contribution in [3.05, 3.63) is 71.8 Å². The molecule has 0 saturated carbocycles. The van der Waals surface area contributed by atoms with E-state index in [0.29, 0.717) is 5.56 Å². The van der Waals surface area contributed by atoms with E-state index in [2.05, 4.69) is 0 Å². The van der Waals surface area contributed by atoms with Crippen LogP contribution in [0.3, 0.4) is 0 Å². The zero-order chi connectivity index (χ0) is 21.7. The summed E-state index contributed by atoms with van der Waals surface area (Å²) in [7, 11) is 1.54. The summed E-state index contributed by atoms with van der Waals surface area (Å²) in [6.07, 6.45) is 2.04. The fraction of sp³-hybridized carbons (Fsp3) is 0.320. The standard InChI is InChI=1S/C25H24N2O4/c1-15-14-19-20-21(25(30)26(24(20)29)12-13-31-2)22(23(28)16-8-4-3-5-9-16)27(19)18-11-7-6-10-17(15)18/h3-11,14,19-22H,12-13H2,1-2H3. The first-order chi connectivity index (χ1) is 15.0. The van der Waals surface area contributed by atoms with Crippen LogP contribution in [0.2, 0.25) is 0 Å². The van der Waals surface area contributed by atoms with Crippen LogP contribution >= 0.6 is 0 Å². The number of benzene rings is 2. The Hall–Kier alpha value is -3.25. The molecule has 0 radical (unpaired) electrons. The van der Waals surface area contributed by atoms with E-state index in [1.54, 1.807) is 19.2 Å². The van der Waals surface area contributed by atoms with Gasteiger partial charge in [-0.05, 0) is 18.6 Å². The number of likely N-dealkylation sites (tertiary alicyclic amines) is 1. The monoisotopic (exact) mass is 416 g/mol. The zero-order valence-corrected chi connectivity index (χ0v) is 17.5. The minimum atomic E-state index is -0.730. The Balaban J connectivity index is 1.65. The highest BCUT2D eigenvalue weighted by atomic mass is 16.5. The molecule has 2 aromatic carbocycles. The molecule has 0 aromatic heterocycles. The van der Waals surface area contributed by atoms with Crippen LogP contribution in [0.4, 0.5) is 5.69 Å². The minimum Gasteiger partial charge on any atom is -0.383 e. The number of allylic oxidation sites excluding steroid dienone is 1. The number of rotatable bonds is 5. The maximum atomic E-state index is 13.7. The van der Waals surface area contributed by atoms with E-state index in [-0.39, 0.29) is 36.8 Å². The molecule has 5 rings (SSSR count). The number of fused-ring (bicyclic) bond motifs is 5. The maximum Gasteiger partial charge on any atom is 0.235 e. The number of hydrogen-bond donors (Lipinski definition) is 0. The van der Waals surface area contributed by atoms with Crippen LogP contribution in [-0.2, 0) is 14.3 Å². The van der Waals surface area contributed by atoms with Gasteiger partial charge < -0.3 is 9.64 Å². The van der Waals surface area contributed by atoms with Gasteiger partial charge in [0.05, 0.1) is 31.0 Å². The van der Waals surface area contributed by atoms with E-state index < -0.39 is 17.9 Å². The van der Waals surface area contributed by atoms with Gasteiger partial charge in [-0.3, -0.25) is 19.3 Å². The molecule has 0 aliphatic carbocycles. The number of carbonyl (C=O) groups excluding carboxylic acids is 3. The van der Waals surface area contributed by atoms with Crippen molar-refractivity contribution in [2.75, 3.05) is 25.2 Å². The van der Waals surface area contributed by atoms with Crippen molar-refractivity contribution >= 4 is 28.9 Å². The number of anilines is 1. The molecule has 31 heavy (non-hydrogen) atoms. The van der Waals surface area contributed by atoms with Crippen LogP contribution in [0.15, 0.2) is 60.7 Å². The summed E-state index contributed by atoms with van der Waals surface area (Å²) in [5.74, 6) is -1.91. The lowest BCUT2D eigenvalue weighted by atomic mass is 9.85. The van der Waals surface area contributed by atoms with Crippen LogP contribution in [0.25, 0.3) is 5.57 Å². The Morgan fingerprint density at radius 3 is 2.39 bits per heavy atom. The van der Waals surface area contributed by atoms with E-state index in [9.17, 15) is 14.4 Å². The lowest BCUT2D eigenvalue weighted by Crippen LogP contribution is -2.49. The average Bonchev–Trinajstić information content (AvgIpc) is 3.25. The molecule has 2 amide bonds. The quantitative estimate of drug-likeness (QED) is 0.554. The van der Waals surface area contributed by atoms with Gasteiger partial charge in [-0.15, -0.1) is 0 Å². The molecular weight excluding hydrogens is 392 g/mol. The summed E-state index contributed by atoms with van der Waals surface area (Å²) < 4.78 is 5.10. The lowest BCUT2D eigenvalue weighted by Gasteiger charge is -2.38. The van der Waals surface area contributed by atoms with E-state index in [1.807, 2.05) is 60.4 Å². The Bertz CT molecular complexity index is 1090. The molecular formula is C25H24N2O4. The van der Waals surface area contributed by atoms with Gasteiger partial charge in [-0.2, -0.15) is 0 Å². The molecule has 0 bridgehead atoms. The molecule has 3 aliphatic heterocycles. The van der Waals surface area contributed by atoms with Crippen LogP contribution in [0.1, 0.15) is 22.8 Å². The number of carbonyl (C=O) groups is 3. The largest absolute Gasteiger partial charge is 0.383 e. The highest BCUT2D eigenvalue weighted by molar-refractivity contribution is 6.14. The molecule has 6 heteroatoms. The molecule has 3 aliphatic rings. The summed E-state index contributed by atoms with van der Waals surface area (Å²) in [4.78, 5) is 43.8. The Morgan fingerprint density at radius 2 is 1.65 bits per heavy atom. The molecule has 4 unspecified atom stereocenters. The Labute approximate surface area is 181 Å². The topological polar surface area (TPSA) is 66.9 Å². The molecule has 0 N–H and O–H groups in total. The fourth-order valence-corrected chi connectivity index (χ4v) is 5.34. The molecule has 3 heterocycles. The van der Waals surface area contributed by atoms with Gasteiger partial charge in [0.2, 0.25) is 11.8 Å². The van der Waals surface area contributed by atoms with Gasteiger partial charge in [0.25, 0.3) is 0 Å². The van der Waals surface area contributed by atoms with Crippen molar-refractivity contribution in [1.82, 2.24) is 4.90 Å². The van der Waals surface area contributed by atoms with Crippen LogP contribution < -0.4 is 4.90 Å². The second-order valence-corrected chi connectivity index (χ2v) is 8.31. The third-order valence-corrected chi connectivity index (χ3v) is 6.69. The van der Waals surface area contributed by atoms with E-state index >= 15 is 0 Å². The molecule has 4 atom stereocenters. The summed E-state index contributed by atoms with van der Waals surface area (Å²) >= 11 is 0. The number of para-hydroxylation sites is 1. The van der Waals surface area contributed by atoms with Crippen molar-refractivity contribution in [2.45, 2.75) is 19.0 Å². The number of imide groups is 1. The van der Waals surface area contributed by atoms with E-state index in [0.717, 1.165) is 16.8 Å². The third kappa shape index (κ3) is 2.86. The van der Waals surface area contributed by atoms with Gasteiger partial charge in [0, 0.05) is 23.9 Å². The predicted molar refractivity (Wildman–Crippen MR) is 116 cm³/mol. The lowest BCUT2D eigenvalue weighted by molar-refractivity contribution is -0.141. The first-order valence-electron chi connectivity index (χ1n) is 10.5. The average molecular weight is 416 g/mol. The highest BCUT2D eigenvalue weighted by Crippen LogP contribution is 2.50. The predicted octanol–water partition coefficient (Wildman–Crippen LogP) is 2.79. The Kier molecular flexibility index (Phi) is 4.74. The number of hydrogen-bond acceptors (Lipinski definition) is 5. The van der Waals surface area contributed by atoms with Gasteiger partial charge in [-0.1, -0.05) is 54.6 Å². The van der Waals surface area contributed by atoms with Gasteiger partial charge in [-0.25, -0.2) is 0 Å². The highest BCUT2D eigenvalue weighted by Gasteiger charge is 2.64. The summed E-state index contributed by atoms with van der Waals surface area (Å²) in [5, 5.41) is 0. The fourth-order valence-electron chi connectivity index (χ4n) is 5.34. The minimum absolute atomic E-state index is 0.129. The Morgan fingerprint density at radius 1 is 0.968 bits per heavy atom. The van der Waals surface area contributed by atoms with Gasteiger partial charge in [0.15, 0.2) is 5.78 Å². The summed E-state index contributed by atoms with van der Waals surface area (Å²) in [6.45, 7) is 2.50. The smallest absolute Gasteiger partial charge is 0.235 e. The summed E-state index contributed by atoms with van der Waals surface area (Å²) in [6, 6.07) is 15.9. The molecule has 2 fully saturated rings. The van der Waals surface area contributed by atoms with Crippen molar-refractivity contribution < 1.29 is 19.1 Å². The molecule has 0 spiro atoms. The first kappa shape index (κ1) is 19.7. The van der Waals surface area contributed by atoms with Crippen LogP contribution in [0, 0.1) is 11.8 Å². The van der Waals surface area contributed by atoms with Crippen LogP contribution in [0.5, 0.6) is 0 Å². The van der Waals surface area contributed by atoms with Gasteiger partial charge in [0.1, 0.15) is 6.04 Å².